The minimum Gasteiger partial charge on any atom is -0.381 e. The third kappa shape index (κ3) is 0.822. The molecule has 2 rings (SSSR count). The third-order valence-electron chi connectivity index (χ3n) is 3.54. The molecule has 0 aromatic heterocycles. The van der Waals surface area contributed by atoms with E-state index < -0.39 is 0 Å². The van der Waals surface area contributed by atoms with Crippen molar-refractivity contribution in [3.8, 4) is 0 Å². The van der Waals surface area contributed by atoms with E-state index in [4.69, 9.17) is 12.6 Å². The van der Waals surface area contributed by atoms with Gasteiger partial charge in [0.05, 0.1) is 5.60 Å². The van der Waals surface area contributed by atoms with E-state index in [1.807, 2.05) is 0 Å². The van der Waals surface area contributed by atoms with Crippen molar-refractivity contribution in [2.75, 3.05) is 0 Å². The lowest BCUT2D eigenvalue weighted by atomic mass is 9.59. The van der Waals surface area contributed by atoms with Gasteiger partial charge in [0.15, 0.2) is 0 Å². The summed E-state index contributed by atoms with van der Waals surface area (Å²) in [6.45, 7) is 6.70. The maximum atomic E-state index is 5.82. The fourth-order valence-electron chi connectivity index (χ4n) is 3.17. The lowest BCUT2D eigenvalue weighted by molar-refractivity contribution is -0.107. The Balaban J connectivity index is 2.19. The van der Waals surface area contributed by atoms with E-state index in [1.54, 1.807) is 0 Å². The van der Waals surface area contributed by atoms with Crippen LogP contribution in [0.3, 0.4) is 0 Å². The Morgan fingerprint density at radius 2 is 2.09 bits per heavy atom. The highest BCUT2D eigenvalue weighted by molar-refractivity contribution is 6.11. The van der Waals surface area contributed by atoms with Crippen LogP contribution in [0.2, 0.25) is 0 Å². The van der Waals surface area contributed by atoms with E-state index in [-0.39, 0.29) is 11.6 Å². The molecule has 1 heterocycles. The van der Waals surface area contributed by atoms with Gasteiger partial charge in [-0.25, -0.2) is 0 Å². The molecule has 1 saturated carbocycles. The van der Waals surface area contributed by atoms with Crippen molar-refractivity contribution in [3.63, 3.8) is 0 Å². The van der Waals surface area contributed by atoms with Crippen LogP contribution in [-0.2, 0) is 4.74 Å². The zero-order chi connectivity index (χ0) is 8.22. The van der Waals surface area contributed by atoms with E-state index in [0.717, 1.165) is 5.92 Å². The van der Waals surface area contributed by atoms with Crippen LogP contribution in [0, 0.1) is 17.8 Å². The summed E-state index contributed by atoms with van der Waals surface area (Å²) in [6.07, 6.45) is 1.19. The molecule has 0 spiro atoms. The number of fused-ring (bicyclic) bond motifs is 1. The minimum atomic E-state index is -0.0186. The highest BCUT2D eigenvalue weighted by Gasteiger charge is 2.58. The zero-order valence-electron chi connectivity index (χ0n) is 7.50. The van der Waals surface area contributed by atoms with Crippen LogP contribution in [0.15, 0.2) is 0 Å². The van der Waals surface area contributed by atoms with E-state index in [9.17, 15) is 0 Å². The molecule has 0 aromatic carbocycles. The Kier molecular flexibility index (Phi) is 1.42. The van der Waals surface area contributed by atoms with Crippen LogP contribution >= 0.6 is 0 Å². The van der Waals surface area contributed by atoms with E-state index in [0.29, 0.717) is 11.8 Å². The second-order valence-electron chi connectivity index (χ2n) is 4.46. The smallest absolute Gasteiger partial charge is 0.109 e. The summed E-state index contributed by atoms with van der Waals surface area (Å²) >= 11 is 0. The molecule has 1 nitrogen and oxygen atoms in total. The number of rotatable bonds is 0. The van der Waals surface area contributed by atoms with Gasteiger partial charge >= 0.3 is 0 Å². The van der Waals surface area contributed by atoms with Gasteiger partial charge in [0.1, 0.15) is 7.85 Å². The summed E-state index contributed by atoms with van der Waals surface area (Å²) in [5.74, 6) is 2.06. The van der Waals surface area contributed by atoms with Crippen molar-refractivity contribution < 1.29 is 4.74 Å². The van der Waals surface area contributed by atoms with Crippen LogP contribution in [0.1, 0.15) is 27.2 Å². The molecule has 0 N–H and O–H groups in total. The molecular formula is C9H15BO. The van der Waals surface area contributed by atoms with Crippen molar-refractivity contribution in [2.45, 2.75) is 38.8 Å². The van der Waals surface area contributed by atoms with Gasteiger partial charge in [-0.1, -0.05) is 13.8 Å². The van der Waals surface area contributed by atoms with Gasteiger partial charge in [0, 0.05) is 6.00 Å². The zero-order valence-corrected chi connectivity index (χ0v) is 7.50. The summed E-state index contributed by atoms with van der Waals surface area (Å²) < 4.78 is 5.71. The van der Waals surface area contributed by atoms with Crippen LogP contribution in [0.5, 0.6) is 0 Å². The van der Waals surface area contributed by atoms with Crippen molar-refractivity contribution in [1.82, 2.24) is 0 Å². The summed E-state index contributed by atoms with van der Waals surface area (Å²) in [5.41, 5.74) is 0.123. The summed E-state index contributed by atoms with van der Waals surface area (Å²) in [7, 11) is 5.82. The molecule has 0 bridgehead atoms. The molecule has 2 fully saturated rings. The van der Waals surface area contributed by atoms with Crippen molar-refractivity contribution in [3.05, 3.63) is 0 Å². The van der Waals surface area contributed by atoms with Gasteiger partial charge in [-0.3, -0.25) is 0 Å². The minimum absolute atomic E-state index is 0.0186. The predicted molar refractivity (Wildman–Crippen MR) is 45.5 cm³/mol. The second-order valence-corrected chi connectivity index (χ2v) is 4.46. The molecule has 2 radical (unpaired) electrons. The standard InChI is InChI=1S/C9H15BO/c1-5-4-9(3)7(5)6(2)8(10)11-9/h5-8H,4H2,1-3H3/t5?,6?,7?,8?,9-/m0/s1. The molecular weight excluding hydrogens is 135 g/mol. The van der Waals surface area contributed by atoms with Crippen LogP contribution < -0.4 is 0 Å². The first kappa shape index (κ1) is 7.66. The Hall–Kier alpha value is 0.0249. The SMILES string of the molecule is [B]C1O[C@@]2(C)CC(C)C2C1C. The van der Waals surface area contributed by atoms with Crippen molar-refractivity contribution in [1.29, 1.82) is 0 Å². The number of hydrogen-bond donors (Lipinski definition) is 0. The number of hydrogen-bond acceptors (Lipinski definition) is 1. The molecule has 0 amide bonds. The quantitative estimate of drug-likeness (QED) is 0.476. The molecule has 0 aromatic rings. The fraction of sp³-hybridized carbons (Fsp3) is 1.00. The van der Waals surface area contributed by atoms with E-state index >= 15 is 0 Å². The first-order chi connectivity index (χ1) is 5.04. The first-order valence-electron chi connectivity index (χ1n) is 4.48. The molecule has 60 valence electrons. The molecule has 1 aliphatic carbocycles. The molecule has 5 atom stereocenters. The normalized spacial score (nSPS) is 62.1. The highest BCUT2D eigenvalue weighted by Crippen LogP contribution is 2.56. The Morgan fingerprint density at radius 1 is 1.45 bits per heavy atom. The Labute approximate surface area is 69.9 Å². The topological polar surface area (TPSA) is 9.23 Å². The Morgan fingerprint density at radius 3 is 2.45 bits per heavy atom. The first-order valence-corrected chi connectivity index (χ1v) is 4.48. The maximum Gasteiger partial charge on any atom is 0.109 e. The summed E-state index contributed by atoms with van der Waals surface area (Å²) in [4.78, 5) is 0. The molecule has 2 aliphatic rings. The summed E-state index contributed by atoms with van der Waals surface area (Å²) in [6, 6.07) is -0.0186. The van der Waals surface area contributed by atoms with E-state index in [2.05, 4.69) is 20.8 Å². The fourth-order valence-corrected chi connectivity index (χ4v) is 3.17. The molecule has 1 aliphatic heterocycles. The monoisotopic (exact) mass is 150 g/mol. The van der Waals surface area contributed by atoms with Gasteiger partial charge in [0.25, 0.3) is 0 Å². The number of ether oxygens (including phenoxy) is 1. The second kappa shape index (κ2) is 2.04. The van der Waals surface area contributed by atoms with Crippen molar-refractivity contribution >= 4 is 7.85 Å². The average Bonchev–Trinajstić information content (AvgIpc) is 2.00. The van der Waals surface area contributed by atoms with Gasteiger partial charge in [-0.05, 0) is 31.1 Å². The van der Waals surface area contributed by atoms with Gasteiger partial charge in [-0.15, -0.1) is 0 Å². The van der Waals surface area contributed by atoms with Crippen molar-refractivity contribution in [2.24, 2.45) is 17.8 Å². The lowest BCUT2D eigenvalue weighted by Gasteiger charge is -2.48. The average molecular weight is 150 g/mol. The summed E-state index contributed by atoms with van der Waals surface area (Å²) in [5, 5.41) is 0. The molecule has 11 heavy (non-hydrogen) atoms. The Bertz CT molecular complexity index is 182. The molecule has 2 heteroatoms. The third-order valence-corrected chi connectivity index (χ3v) is 3.54. The van der Waals surface area contributed by atoms with Gasteiger partial charge < -0.3 is 4.74 Å². The molecule has 4 unspecified atom stereocenters. The van der Waals surface area contributed by atoms with E-state index in [1.165, 1.54) is 6.42 Å². The predicted octanol–water partition coefficient (Wildman–Crippen LogP) is 1.56. The van der Waals surface area contributed by atoms with Gasteiger partial charge in [-0.2, -0.15) is 0 Å². The van der Waals surface area contributed by atoms with Crippen LogP contribution in [0.25, 0.3) is 0 Å². The molecule has 1 saturated heterocycles. The van der Waals surface area contributed by atoms with Gasteiger partial charge in [0.2, 0.25) is 0 Å². The maximum absolute atomic E-state index is 5.82. The van der Waals surface area contributed by atoms with Crippen LogP contribution in [-0.4, -0.2) is 19.5 Å². The lowest BCUT2D eigenvalue weighted by Crippen LogP contribution is -2.49. The van der Waals surface area contributed by atoms with Crippen LogP contribution in [0.4, 0.5) is 0 Å². The largest absolute Gasteiger partial charge is 0.381 e. The highest BCUT2D eigenvalue weighted by atomic mass is 16.5.